The van der Waals surface area contributed by atoms with Gasteiger partial charge in [0.05, 0.1) is 5.75 Å². The summed E-state index contributed by atoms with van der Waals surface area (Å²) in [7, 11) is 1.68. The van der Waals surface area contributed by atoms with Crippen LogP contribution < -0.4 is 0 Å². The number of thioether (sulfide) groups is 1. The van der Waals surface area contributed by atoms with E-state index in [9.17, 15) is 9.18 Å². The lowest BCUT2D eigenvalue weighted by Gasteiger charge is -2.16. The van der Waals surface area contributed by atoms with Gasteiger partial charge in [0.25, 0.3) is 5.22 Å². The highest BCUT2D eigenvalue weighted by Gasteiger charge is 2.15. The highest BCUT2D eigenvalue weighted by Crippen LogP contribution is 2.25. The van der Waals surface area contributed by atoms with Gasteiger partial charge in [-0.1, -0.05) is 42.1 Å². The number of hydrogen-bond donors (Lipinski definition) is 0. The molecule has 3 aromatic rings. The van der Waals surface area contributed by atoms with Crippen molar-refractivity contribution < 1.29 is 13.6 Å². The fourth-order valence-corrected chi connectivity index (χ4v) is 3.12. The van der Waals surface area contributed by atoms with Gasteiger partial charge in [0.2, 0.25) is 11.8 Å². The summed E-state index contributed by atoms with van der Waals surface area (Å²) in [5, 5.41) is 8.37. The largest absolute Gasteiger partial charge is 0.411 e. The molecule has 0 saturated heterocycles. The lowest BCUT2D eigenvalue weighted by Crippen LogP contribution is -2.27. The molecule has 0 saturated carbocycles. The van der Waals surface area contributed by atoms with Gasteiger partial charge in [-0.2, -0.15) is 0 Å². The molecule has 1 aromatic heterocycles. The van der Waals surface area contributed by atoms with E-state index in [2.05, 4.69) is 10.2 Å². The second kappa shape index (κ2) is 8.14. The van der Waals surface area contributed by atoms with Gasteiger partial charge in [-0.25, -0.2) is 4.39 Å². The Morgan fingerprint density at radius 2 is 2.00 bits per heavy atom. The molecule has 0 fully saturated rings. The van der Waals surface area contributed by atoms with Crippen LogP contribution in [0.15, 0.2) is 58.2 Å². The molecule has 0 N–H and O–H groups in total. The maximum Gasteiger partial charge on any atom is 0.277 e. The Balaban J connectivity index is 1.57. The van der Waals surface area contributed by atoms with E-state index in [0.29, 0.717) is 17.7 Å². The Labute approximate surface area is 155 Å². The van der Waals surface area contributed by atoms with E-state index in [1.54, 1.807) is 24.1 Å². The average molecular weight is 371 g/mol. The number of carbonyl (C=O) groups is 1. The molecule has 0 aliphatic heterocycles. The Kier molecular flexibility index (Phi) is 5.68. The number of amides is 1. The van der Waals surface area contributed by atoms with Crippen LogP contribution in [0.4, 0.5) is 4.39 Å². The molecule has 2 aromatic carbocycles. The number of hydrogen-bond acceptors (Lipinski definition) is 5. The molecule has 1 heterocycles. The van der Waals surface area contributed by atoms with Gasteiger partial charge in [0.1, 0.15) is 5.82 Å². The highest BCUT2D eigenvalue weighted by atomic mass is 32.2. The highest BCUT2D eigenvalue weighted by molar-refractivity contribution is 7.99. The van der Waals surface area contributed by atoms with E-state index >= 15 is 0 Å². The molecule has 26 heavy (non-hydrogen) atoms. The van der Waals surface area contributed by atoms with E-state index in [4.69, 9.17) is 4.42 Å². The maximum absolute atomic E-state index is 13.2. The first-order valence-corrected chi connectivity index (χ1v) is 9.02. The van der Waals surface area contributed by atoms with Crippen molar-refractivity contribution >= 4 is 17.7 Å². The molecule has 0 radical (unpaired) electrons. The SMILES string of the molecule is Cc1ccccc1-c1nnc(SCC(=O)N(C)Cc2cccc(F)c2)o1. The standard InChI is InChI=1S/C19H18FN3O2S/c1-13-6-3-4-9-16(13)18-21-22-19(25-18)26-12-17(24)23(2)11-14-7-5-8-15(20)10-14/h3-10H,11-12H2,1-2H3. The molecule has 0 bridgehead atoms. The van der Waals surface area contributed by atoms with Crippen LogP contribution in [0.3, 0.4) is 0 Å². The molecule has 1 amide bonds. The molecule has 0 aliphatic carbocycles. The van der Waals surface area contributed by atoms with E-state index in [0.717, 1.165) is 16.7 Å². The predicted molar refractivity (Wildman–Crippen MR) is 98.1 cm³/mol. The molecular formula is C19H18FN3O2S. The van der Waals surface area contributed by atoms with Crippen LogP contribution in [0.25, 0.3) is 11.5 Å². The van der Waals surface area contributed by atoms with E-state index in [1.807, 2.05) is 31.2 Å². The van der Waals surface area contributed by atoms with Gasteiger partial charge in [0, 0.05) is 19.2 Å². The summed E-state index contributed by atoms with van der Waals surface area (Å²) in [4.78, 5) is 13.8. The summed E-state index contributed by atoms with van der Waals surface area (Å²) in [6.07, 6.45) is 0. The van der Waals surface area contributed by atoms with Crippen LogP contribution in [0, 0.1) is 12.7 Å². The van der Waals surface area contributed by atoms with Crippen LogP contribution in [-0.2, 0) is 11.3 Å². The predicted octanol–water partition coefficient (Wildman–Crippen LogP) is 3.93. The number of aryl methyl sites for hydroxylation is 1. The Morgan fingerprint density at radius 3 is 2.77 bits per heavy atom. The zero-order chi connectivity index (χ0) is 18.5. The molecule has 7 heteroatoms. The van der Waals surface area contributed by atoms with Crippen molar-refractivity contribution in [2.24, 2.45) is 0 Å². The third-order valence-electron chi connectivity index (χ3n) is 3.84. The van der Waals surface area contributed by atoms with Crippen molar-refractivity contribution in [2.45, 2.75) is 18.7 Å². The smallest absolute Gasteiger partial charge is 0.277 e. The molecule has 0 spiro atoms. The Hall–Kier alpha value is -2.67. The fraction of sp³-hybridized carbons (Fsp3) is 0.211. The minimum absolute atomic E-state index is 0.102. The van der Waals surface area contributed by atoms with Gasteiger partial charge in [-0.05, 0) is 36.2 Å². The summed E-state index contributed by atoms with van der Waals surface area (Å²) < 4.78 is 18.9. The zero-order valence-electron chi connectivity index (χ0n) is 14.5. The molecule has 0 unspecified atom stereocenters. The number of benzene rings is 2. The first-order chi connectivity index (χ1) is 12.5. The Morgan fingerprint density at radius 1 is 1.19 bits per heavy atom. The third-order valence-corrected chi connectivity index (χ3v) is 4.64. The molecule has 3 rings (SSSR count). The van der Waals surface area contributed by atoms with Crippen LogP contribution in [0.1, 0.15) is 11.1 Å². The van der Waals surface area contributed by atoms with Crippen molar-refractivity contribution in [1.29, 1.82) is 0 Å². The van der Waals surface area contributed by atoms with Gasteiger partial charge < -0.3 is 9.32 Å². The number of aromatic nitrogens is 2. The van der Waals surface area contributed by atoms with Crippen molar-refractivity contribution in [2.75, 3.05) is 12.8 Å². The second-order valence-electron chi connectivity index (χ2n) is 5.86. The van der Waals surface area contributed by atoms with Crippen LogP contribution >= 0.6 is 11.8 Å². The summed E-state index contributed by atoms with van der Waals surface area (Å²) in [6.45, 7) is 2.31. The van der Waals surface area contributed by atoms with E-state index < -0.39 is 0 Å². The summed E-state index contributed by atoms with van der Waals surface area (Å²) in [5.41, 5.74) is 2.66. The summed E-state index contributed by atoms with van der Waals surface area (Å²) >= 11 is 1.19. The lowest BCUT2D eigenvalue weighted by molar-refractivity contribution is -0.127. The van der Waals surface area contributed by atoms with Gasteiger partial charge in [-0.15, -0.1) is 10.2 Å². The zero-order valence-corrected chi connectivity index (χ0v) is 15.3. The van der Waals surface area contributed by atoms with Crippen molar-refractivity contribution in [3.8, 4) is 11.5 Å². The van der Waals surface area contributed by atoms with E-state index in [1.165, 1.54) is 23.9 Å². The molecule has 0 atom stereocenters. The number of carbonyl (C=O) groups excluding carboxylic acids is 1. The quantitative estimate of drug-likeness (QED) is 0.615. The lowest BCUT2D eigenvalue weighted by atomic mass is 10.1. The summed E-state index contributed by atoms with van der Waals surface area (Å²) in [6, 6.07) is 13.9. The van der Waals surface area contributed by atoms with Crippen molar-refractivity contribution in [1.82, 2.24) is 15.1 Å². The first-order valence-electron chi connectivity index (χ1n) is 8.03. The monoisotopic (exact) mass is 371 g/mol. The molecule has 0 aliphatic rings. The topological polar surface area (TPSA) is 59.2 Å². The minimum atomic E-state index is -0.313. The van der Waals surface area contributed by atoms with E-state index in [-0.39, 0.29) is 17.5 Å². The van der Waals surface area contributed by atoms with Gasteiger partial charge in [-0.3, -0.25) is 4.79 Å². The third kappa shape index (κ3) is 4.49. The number of halogens is 1. The second-order valence-corrected chi connectivity index (χ2v) is 6.78. The van der Waals surface area contributed by atoms with Crippen LogP contribution in [0.2, 0.25) is 0 Å². The van der Waals surface area contributed by atoms with Crippen molar-refractivity contribution in [3.05, 3.63) is 65.5 Å². The summed E-state index contributed by atoms with van der Waals surface area (Å²) in [5.74, 6) is 0.190. The van der Waals surface area contributed by atoms with Crippen molar-refractivity contribution in [3.63, 3.8) is 0 Å². The average Bonchev–Trinajstić information content (AvgIpc) is 3.09. The van der Waals surface area contributed by atoms with Gasteiger partial charge in [0.15, 0.2) is 0 Å². The fourth-order valence-electron chi connectivity index (χ4n) is 2.42. The number of nitrogens with zero attached hydrogens (tertiary/aromatic N) is 3. The molecular weight excluding hydrogens is 353 g/mol. The normalized spacial score (nSPS) is 10.7. The first kappa shape index (κ1) is 18.1. The van der Waals surface area contributed by atoms with Crippen LogP contribution in [-0.4, -0.2) is 33.8 Å². The molecule has 134 valence electrons. The van der Waals surface area contributed by atoms with Crippen LogP contribution in [0.5, 0.6) is 0 Å². The van der Waals surface area contributed by atoms with Gasteiger partial charge >= 0.3 is 0 Å². The number of rotatable bonds is 6. The molecule has 5 nitrogen and oxygen atoms in total. The maximum atomic E-state index is 13.2. The Bertz CT molecular complexity index is 913. The minimum Gasteiger partial charge on any atom is -0.411 e.